The van der Waals surface area contributed by atoms with Gasteiger partial charge in [-0.25, -0.2) is 0 Å². The zero-order valence-electron chi connectivity index (χ0n) is 10.5. The molecule has 0 atom stereocenters. The second kappa shape index (κ2) is 8.07. The van der Waals surface area contributed by atoms with E-state index in [2.05, 4.69) is 4.74 Å². The number of carbonyl (C=O) groups excluding carboxylic acids is 2. The number of alkyl halides is 3. The summed E-state index contributed by atoms with van der Waals surface area (Å²) >= 11 is 0. The van der Waals surface area contributed by atoms with E-state index in [9.17, 15) is 22.8 Å². The molecule has 0 bridgehead atoms. The van der Waals surface area contributed by atoms with Gasteiger partial charge in [0.05, 0.1) is 26.1 Å². The van der Waals surface area contributed by atoms with Crippen LogP contribution < -0.4 is 0 Å². The summed E-state index contributed by atoms with van der Waals surface area (Å²) in [6.07, 6.45) is -4.50. The molecule has 0 aromatic rings. The van der Waals surface area contributed by atoms with E-state index in [0.29, 0.717) is 0 Å². The third kappa shape index (κ3) is 8.98. The van der Waals surface area contributed by atoms with Crippen LogP contribution in [0.15, 0.2) is 0 Å². The van der Waals surface area contributed by atoms with Crippen LogP contribution in [0, 0.1) is 0 Å². The Morgan fingerprint density at radius 2 is 1.78 bits per heavy atom. The lowest BCUT2D eigenvalue weighted by Crippen LogP contribution is -2.37. The van der Waals surface area contributed by atoms with E-state index in [1.54, 1.807) is 13.8 Å². The van der Waals surface area contributed by atoms with Gasteiger partial charge in [0, 0.05) is 6.42 Å². The number of ether oxygens (including phenoxy) is 1. The maximum atomic E-state index is 12.1. The maximum Gasteiger partial charge on any atom is 0.401 e. The van der Waals surface area contributed by atoms with Gasteiger partial charge in [-0.1, -0.05) is 6.92 Å². The molecule has 0 aliphatic carbocycles. The fourth-order valence-electron chi connectivity index (χ4n) is 1.34. The number of likely N-dealkylation sites (N-methyl/N-ethyl adjacent to an activating group) is 1. The number of nitrogens with zero attached hydrogens (tertiary/aromatic N) is 1. The van der Waals surface area contributed by atoms with E-state index in [0.717, 1.165) is 4.90 Å². The van der Waals surface area contributed by atoms with E-state index in [1.807, 2.05) is 0 Å². The van der Waals surface area contributed by atoms with Crippen molar-refractivity contribution in [1.82, 2.24) is 4.90 Å². The van der Waals surface area contributed by atoms with Crippen molar-refractivity contribution in [3.05, 3.63) is 0 Å². The van der Waals surface area contributed by atoms with Crippen molar-refractivity contribution >= 4 is 11.8 Å². The zero-order chi connectivity index (χ0) is 14.2. The molecule has 106 valence electrons. The monoisotopic (exact) mass is 269 g/mol. The summed E-state index contributed by atoms with van der Waals surface area (Å²) in [4.78, 5) is 23.3. The molecule has 0 heterocycles. The molecule has 0 radical (unpaired) electrons. The first-order valence-corrected chi connectivity index (χ1v) is 5.75. The van der Waals surface area contributed by atoms with Gasteiger partial charge < -0.3 is 4.74 Å². The third-order valence-electron chi connectivity index (χ3n) is 2.16. The second-order valence-electron chi connectivity index (χ2n) is 3.76. The summed E-state index contributed by atoms with van der Waals surface area (Å²) in [5, 5.41) is 0. The van der Waals surface area contributed by atoms with Gasteiger partial charge in [0.15, 0.2) is 0 Å². The van der Waals surface area contributed by atoms with Gasteiger partial charge in [-0.15, -0.1) is 0 Å². The first-order chi connectivity index (χ1) is 8.28. The Labute approximate surface area is 104 Å². The molecule has 0 amide bonds. The summed E-state index contributed by atoms with van der Waals surface area (Å²) in [5.74, 6) is -0.904. The van der Waals surface area contributed by atoms with Crippen LogP contribution in [0.25, 0.3) is 0 Å². The molecular formula is C11H18F3NO3. The van der Waals surface area contributed by atoms with Gasteiger partial charge in [-0.05, 0) is 13.5 Å². The van der Waals surface area contributed by atoms with Crippen molar-refractivity contribution in [2.45, 2.75) is 32.9 Å². The van der Waals surface area contributed by atoms with Gasteiger partial charge >= 0.3 is 12.1 Å². The van der Waals surface area contributed by atoms with Gasteiger partial charge in [-0.3, -0.25) is 14.5 Å². The SMILES string of the molecule is CCOC(=O)CCC(=O)CN(CC)CC(F)(F)F. The summed E-state index contributed by atoms with van der Waals surface area (Å²) in [5.41, 5.74) is 0. The van der Waals surface area contributed by atoms with Crippen LogP contribution in [0.5, 0.6) is 0 Å². The Bertz CT molecular complexity index is 279. The topological polar surface area (TPSA) is 46.6 Å². The molecule has 0 saturated heterocycles. The maximum absolute atomic E-state index is 12.1. The van der Waals surface area contributed by atoms with Crippen molar-refractivity contribution in [1.29, 1.82) is 0 Å². The molecule has 0 spiro atoms. The average molecular weight is 269 g/mol. The minimum atomic E-state index is -4.32. The number of hydrogen-bond acceptors (Lipinski definition) is 4. The van der Waals surface area contributed by atoms with Crippen molar-refractivity contribution in [3.8, 4) is 0 Å². The molecule has 0 aliphatic heterocycles. The van der Waals surface area contributed by atoms with Crippen molar-refractivity contribution in [3.63, 3.8) is 0 Å². The Balaban J connectivity index is 4.01. The van der Waals surface area contributed by atoms with Crippen LogP contribution in [0.4, 0.5) is 13.2 Å². The fourth-order valence-corrected chi connectivity index (χ4v) is 1.34. The Kier molecular flexibility index (Phi) is 7.58. The Morgan fingerprint density at radius 3 is 2.22 bits per heavy atom. The number of ketones is 1. The average Bonchev–Trinajstić information content (AvgIpc) is 2.24. The number of hydrogen-bond donors (Lipinski definition) is 0. The van der Waals surface area contributed by atoms with E-state index in [-0.39, 0.29) is 32.5 Å². The zero-order valence-corrected chi connectivity index (χ0v) is 10.5. The molecule has 4 nitrogen and oxygen atoms in total. The molecule has 0 rings (SSSR count). The van der Waals surface area contributed by atoms with Crippen LogP contribution in [-0.2, 0) is 14.3 Å². The predicted molar refractivity (Wildman–Crippen MR) is 59.0 cm³/mol. The quantitative estimate of drug-likeness (QED) is 0.630. The number of rotatable bonds is 8. The molecule has 0 N–H and O–H groups in total. The summed E-state index contributed by atoms with van der Waals surface area (Å²) < 4.78 is 41.0. The summed E-state index contributed by atoms with van der Waals surface area (Å²) in [6.45, 7) is 2.13. The molecule has 18 heavy (non-hydrogen) atoms. The minimum Gasteiger partial charge on any atom is -0.466 e. The molecule has 0 fully saturated rings. The molecular weight excluding hydrogens is 251 g/mol. The molecule has 7 heteroatoms. The number of Topliss-reactive ketones (excluding diaryl/α,β-unsaturated/α-hetero) is 1. The van der Waals surface area contributed by atoms with Gasteiger partial charge in [0.2, 0.25) is 0 Å². The molecule has 0 unspecified atom stereocenters. The second-order valence-corrected chi connectivity index (χ2v) is 3.76. The number of esters is 1. The van der Waals surface area contributed by atoms with E-state index < -0.39 is 24.5 Å². The van der Waals surface area contributed by atoms with Gasteiger partial charge in [0.1, 0.15) is 5.78 Å². The lowest BCUT2D eigenvalue weighted by atomic mass is 10.2. The first-order valence-electron chi connectivity index (χ1n) is 5.75. The van der Waals surface area contributed by atoms with Gasteiger partial charge in [0.25, 0.3) is 0 Å². The van der Waals surface area contributed by atoms with E-state index in [1.165, 1.54) is 0 Å². The van der Waals surface area contributed by atoms with E-state index >= 15 is 0 Å². The van der Waals surface area contributed by atoms with Crippen molar-refractivity contribution < 1.29 is 27.5 Å². The Morgan fingerprint density at radius 1 is 1.17 bits per heavy atom. The highest BCUT2D eigenvalue weighted by Crippen LogP contribution is 2.16. The van der Waals surface area contributed by atoms with Gasteiger partial charge in [-0.2, -0.15) is 13.2 Å². The van der Waals surface area contributed by atoms with Crippen molar-refractivity contribution in [2.75, 3.05) is 26.2 Å². The summed E-state index contributed by atoms with van der Waals surface area (Å²) in [6, 6.07) is 0. The van der Waals surface area contributed by atoms with Crippen LogP contribution in [-0.4, -0.2) is 49.1 Å². The van der Waals surface area contributed by atoms with E-state index in [4.69, 9.17) is 0 Å². The lowest BCUT2D eigenvalue weighted by molar-refractivity contribution is -0.149. The lowest BCUT2D eigenvalue weighted by Gasteiger charge is -2.20. The predicted octanol–water partition coefficient (Wildman–Crippen LogP) is 1.78. The smallest absolute Gasteiger partial charge is 0.401 e. The largest absolute Gasteiger partial charge is 0.466 e. The highest BCUT2D eigenvalue weighted by molar-refractivity contribution is 5.84. The van der Waals surface area contributed by atoms with Crippen LogP contribution in [0.2, 0.25) is 0 Å². The highest BCUT2D eigenvalue weighted by Gasteiger charge is 2.30. The van der Waals surface area contributed by atoms with Crippen LogP contribution >= 0.6 is 0 Å². The first kappa shape index (κ1) is 16.9. The number of halogens is 3. The molecule has 0 aromatic heterocycles. The normalized spacial score (nSPS) is 11.7. The molecule has 0 aliphatic rings. The summed E-state index contributed by atoms with van der Waals surface area (Å²) in [7, 11) is 0. The minimum absolute atomic E-state index is 0.0871. The standard InChI is InChI=1S/C11H18F3NO3/c1-3-15(8-11(12,13)14)7-9(16)5-6-10(17)18-4-2/h3-8H2,1-2H3. The Hall–Kier alpha value is -1.11. The molecule has 0 aromatic carbocycles. The van der Waals surface area contributed by atoms with Crippen LogP contribution in [0.3, 0.4) is 0 Å². The third-order valence-corrected chi connectivity index (χ3v) is 2.16. The molecule has 0 saturated carbocycles. The number of carbonyl (C=O) groups is 2. The fraction of sp³-hybridized carbons (Fsp3) is 0.818. The highest BCUT2D eigenvalue weighted by atomic mass is 19.4. The van der Waals surface area contributed by atoms with Crippen LogP contribution in [0.1, 0.15) is 26.7 Å². The van der Waals surface area contributed by atoms with Crippen molar-refractivity contribution in [2.24, 2.45) is 0 Å².